The molecule has 4 aromatic carbocycles. The van der Waals surface area contributed by atoms with E-state index in [4.69, 9.17) is 14.7 Å². The largest absolute Gasteiger partial charge is 0.457 e. The Morgan fingerprint density at radius 1 is 0.500 bits per heavy atom. The molecule has 0 N–H and O–H groups in total. The monoisotopic (exact) mass is 636 g/mol. The van der Waals surface area contributed by atoms with Crippen LogP contribution in [0.4, 0.5) is 0 Å². The highest BCUT2D eigenvalue weighted by molar-refractivity contribution is 5.66. The number of benzene rings is 4. The van der Waals surface area contributed by atoms with E-state index in [-0.39, 0.29) is 0 Å². The van der Waals surface area contributed by atoms with Crippen LogP contribution in [0.25, 0.3) is 34.2 Å². The lowest BCUT2D eigenvalue weighted by atomic mass is 9.92. The molecule has 0 bridgehead atoms. The molecule has 2 aromatic heterocycles. The number of hydrogen-bond donors (Lipinski definition) is 0. The standard InChI is InChI=1S/C43H48N4O/c1-27(2)36-15-11-16-37(28(3)4)40(36)46-21-19-44-42(46)32-13-10-14-34(25-32)48-35-24-31(9)23-33(26-35)43-45-20-22-47(43)41-38(29(5)6)17-12-18-39(41)30(7)8/h10-30H,1-9H3. The minimum absolute atomic E-state index is 0.379. The quantitative estimate of drug-likeness (QED) is 0.150. The summed E-state index contributed by atoms with van der Waals surface area (Å²) >= 11 is 0. The Balaban J connectivity index is 1.38. The molecule has 0 radical (unpaired) electrons. The molecule has 2 heterocycles. The lowest BCUT2D eigenvalue weighted by Crippen LogP contribution is -2.08. The van der Waals surface area contributed by atoms with Gasteiger partial charge in [0, 0.05) is 35.9 Å². The zero-order chi connectivity index (χ0) is 34.1. The summed E-state index contributed by atoms with van der Waals surface area (Å²) in [6.45, 7) is 20.1. The maximum Gasteiger partial charge on any atom is 0.144 e. The van der Waals surface area contributed by atoms with Crippen molar-refractivity contribution in [3.63, 3.8) is 0 Å². The molecule has 0 aliphatic heterocycles. The zero-order valence-corrected chi connectivity index (χ0v) is 29.8. The van der Waals surface area contributed by atoms with Crippen LogP contribution in [-0.2, 0) is 0 Å². The fourth-order valence-electron chi connectivity index (χ4n) is 6.75. The lowest BCUT2D eigenvalue weighted by Gasteiger charge is -2.22. The van der Waals surface area contributed by atoms with Gasteiger partial charge in [-0.15, -0.1) is 0 Å². The summed E-state index contributed by atoms with van der Waals surface area (Å²) in [5.74, 6) is 4.85. The van der Waals surface area contributed by atoms with Gasteiger partial charge in [0.2, 0.25) is 0 Å². The van der Waals surface area contributed by atoms with Gasteiger partial charge >= 0.3 is 0 Å². The molecule has 6 aromatic rings. The maximum absolute atomic E-state index is 6.60. The van der Waals surface area contributed by atoms with E-state index in [1.54, 1.807) is 0 Å². The number of para-hydroxylation sites is 2. The van der Waals surface area contributed by atoms with E-state index in [1.165, 1.54) is 33.6 Å². The number of aromatic nitrogens is 4. The van der Waals surface area contributed by atoms with Gasteiger partial charge in [-0.25, -0.2) is 9.97 Å². The van der Waals surface area contributed by atoms with Crippen LogP contribution >= 0.6 is 0 Å². The fourth-order valence-corrected chi connectivity index (χ4v) is 6.75. The number of nitrogens with zero attached hydrogens (tertiary/aromatic N) is 4. The van der Waals surface area contributed by atoms with Gasteiger partial charge in [0.15, 0.2) is 0 Å². The molecule has 0 saturated heterocycles. The summed E-state index contributed by atoms with van der Waals surface area (Å²) in [4.78, 5) is 9.72. The molecule has 0 unspecified atom stereocenters. The molecule has 0 aliphatic rings. The van der Waals surface area contributed by atoms with Crippen LogP contribution in [0.1, 0.15) is 107 Å². The molecular formula is C43H48N4O. The van der Waals surface area contributed by atoms with Gasteiger partial charge in [-0.3, -0.25) is 9.13 Å². The molecule has 0 saturated carbocycles. The van der Waals surface area contributed by atoms with Gasteiger partial charge in [-0.05, 0) is 88.7 Å². The molecule has 246 valence electrons. The van der Waals surface area contributed by atoms with Crippen LogP contribution in [0, 0.1) is 6.92 Å². The molecule has 0 atom stereocenters. The zero-order valence-electron chi connectivity index (χ0n) is 29.8. The minimum atomic E-state index is 0.379. The van der Waals surface area contributed by atoms with E-state index in [9.17, 15) is 0 Å². The van der Waals surface area contributed by atoms with Crippen molar-refractivity contribution in [3.05, 3.63) is 131 Å². The lowest BCUT2D eigenvalue weighted by molar-refractivity contribution is 0.482. The normalized spacial score (nSPS) is 11.8. The summed E-state index contributed by atoms with van der Waals surface area (Å²) in [5.41, 5.74) is 10.8. The molecule has 5 heteroatoms. The summed E-state index contributed by atoms with van der Waals surface area (Å²) in [6, 6.07) is 27.9. The van der Waals surface area contributed by atoms with E-state index in [0.717, 1.165) is 39.8 Å². The molecule has 0 spiro atoms. The summed E-state index contributed by atoms with van der Waals surface area (Å²) in [5, 5.41) is 0. The Labute approximate surface area is 286 Å². The first-order chi connectivity index (χ1) is 23.0. The Hall–Kier alpha value is -4.90. The fraction of sp³-hybridized carbons (Fsp3) is 0.302. The first-order valence-corrected chi connectivity index (χ1v) is 17.3. The van der Waals surface area contributed by atoms with Crippen molar-refractivity contribution in [3.8, 4) is 45.6 Å². The molecule has 5 nitrogen and oxygen atoms in total. The van der Waals surface area contributed by atoms with E-state index in [0.29, 0.717) is 23.7 Å². The summed E-state index contributed by atoms with van der Waals surface area (Å²) in [7, 11) is 0. The van der Waals surface area contributed by atoms with Crippen LogP contribution in [0.2, 0.25) is 0 Å². The second-order valence-electron chi connectivity index (χ2n) is 14.1. The third kappa shape index (κ3) is 6.47. The first-order valence-electron chi connectivity index (χ1n) is 17.3. The van der Waals surface area contributed by atoms with Crippen molar-refractivity contribution in [1.29, 1.82) is 0 Å². The van der Waals surface area contributed by atoms with Gasteiger partial charge in [0.25, 0.3) is 0 Å². The SMILES string of the molecule is Cc1cc(Oc2cccc(-c3nccn3-c3c(C(C)C)cccc3C(C)C)c2)cc(-c2nccn2-c2c(C(C)C)cccc2C(C)C)c1. The Morgan fingerprint density at radius 3 is 1.42 bits per heavy atom. The van der Waals surface area contributed by atoms with E-state index in [1.807, 2.05) is 24.5 Å². The van der Waals surface area contributed by atoms with Crippen molar-refractivity contribution in [2.45, 2.75) is 86.0 Å². The van der Waals surface area contributed by atoms with Gasteiger partial charge in [-0.2, -0.15) is 0 Å². The molecular weight excluding hydrogens is 589 g/mol. The van der Waals surface area contributed by atoms with Gasteiger partial charge in [0.05, 0.1) is 11.4 Å². The van der Waals surface area contributed by atoms with Gasteiger partial charge in [0.1, 0.15) is 23.1 Å². The highest BCUT2D eigenvalue weighted by Crippen LogP contribution is 2.37. The topological polar surface area (TPSA) is 44.9 Å². The smallest absolute Gasteiger partial charge is 0.144 e. The Kier molecular flexibility index (Phi) is 9.41. The summed E-state index contributed by atoms with van der Waals surface area (Å²) < 4.78 is 11.1. The van der Waals surface area contributed by atoms with Crippen molar-refractivity contribution >= 4 is 0 Å². The predicted molar refractivity (Wildman–Crippen MR) is 199 cm³/mol. The Morgan fingerprint density at radius 2 is 0.938 bits per heavy atom. The van der Waals surface area contributed by atoms with Crippen LogP contribution in [0.5, 0.6) is 11.5 Å². The molecule has 6 rings (SSSR count). The van der Waals surface area contributed by atoms with Gasteiger partial charge in [-0.1, -0.05) is 104 Å². The average Bonchev–Trinajstić information content (AvgIpc) is 3.74. The molecule has 0 fully saturated rings. The molecule has 0 amide bonds. The van der Waals surface area contributed by atoms with Crippen LogP contribution in [0.3, 0.4) is 0 Å². The first kappa shape index (κ1) is 33.0. The highest BCUT2D eigenvalue weighted by atomic mass is 16.5. The second kappa shape index (κ2) is 13.7. The number of ether oxygens (including phenoxy) is 1. The van der Waals surface area contributed by atoms with E-state index in [2.05, 4.69) is 151 Å². The van der Waals surface area contributed by atoms with Crippen molar-refractivity contribution in [2.24, 2.45) is 0 Å². The van der Waals surface area contributed by atoms with Crippen molar-refractivity contribution < 1.29 is 4.74 Å². The Bertz CT molecular complexity index is 1990. The van der Waals surface area contributed by atoms with Crippen molar-refractivity contribution in [1.82, 2.24) is 19.1 Å². The van der Waals surface area contributed by atoms with Crippen LogP contribution in [0.15, 0.2) is 104 Å². The minimum Gasteiger partial charge on any atom is -0.457 e. The van der Waals surface area contributed by atoms with Crippen LogP contribution < -0.4 is 4.74 Å². The highest BCUT2D eigenvalue weighted by Gasteiger charge is 2.21. The van der Waals surface area contributed by atoms with E-state index < -0.39 is 0 Å². The average molecular weight is 637 g/mol. The number of rotatable bonds is 10. The summed E-state index contributed by atoms with van der Waals surface area (Å²) in [6.07, 6.45) is 7.94. The second-order valence-corrected chi connectivity index (χ2v) is 14.1. The third-order valence-corrected chi connectivity index (χ3v) is 9.09. The maximum atomic E-state index is 6.60. The number of hydrogen-bond acceptors (Lipinski definition) is 3. The number of aryl methyl sites for hydroxylation is 1. The molecule has 0 aliphatic carbocycles. The number of imidazole rings is 2. The van der Waals surface area contributed by atoms with E-state index >= 15 is 0 Å². The van der Waals surface area contributed by atoms with Gasteiger partial charge < -0.3 is 4.74 Å². The van der Waals surface area contributed by atoms with Crippen molar-refractivity contribution in [2.75, 3.05) is 0 Å². The molecule has 48 heavy (non-hydrogen) atoms. The predicted octanol–water partition coefficient (Wildman–Crippen LogP) is 12.0. The third-order valence-electron chi connectivity index (χ3n) is 9.09. The van der Waals surface area contributed by atoms with Crippen LogP contribution in [-0.4, -0.2) is 19.1 Å².